The first-order valence-corrected chi connectivity index (χ1v) is 5.63. The zero-order valence-corrected chi connectivity index (χ0v) is 10.4. The highest BCUT2D eigenvalue weighted by atomic mass is 15.0. The summed E-state index contributed by atoms with van der Waals surface area (Å²) in [7, 11) is 0. The van der Waals surface area contributed by atoms with Crippen molar-refractivity contribution in [3.05, 3.63) is 47.2 Å². The van der Waals surface area contributed by atoms with E-state index in [1.807, 2.05) is 19.1 Å². The molecule has 0 radical (unpaired) electrons. The predicted octanol–water partition coefficient (Wildman–Crippen LogP) is 3.33. The fourth-order valence-corrected chi connectivity index (χ4v) is 1.65. The summed E-state index contributed by atoms with van der Waals surface area (Å²) in [6, 6.07) is 10.1. The van der Waals surface area contributed by atoms with Crippen LogP contribution < -0.4 is 11.1 Å². The maximum Gasteiger partial charge on any atom is 0.130 e. The molecule has 3 N–H and O–H groups in total. The molecule has 2 rings (SSSR count). The van der Waals surface area contributed by atoms with Crippen LogP contribution in [-0.4, -0.2) is 4.98 Å². The van der Waals surface area contributed by atoms with Crippen molar-refractivity contribution in [3.63, 3.8) is 0 Å². The van der Waals surface area contributed by atoms with E-state index in [9.17, 15) is 0 Å². The highest BCUT2D eigenvalue weighted by Gasteiger charge is 2.02. The average Bonchev–Trinajstić information content (AvgIpc) is 2.29. The summed E-state index contributed by atoms with van der Waals surface area (Å²) >= 11 is 0. The fourth-order valence-electron chi connectivity index (χ4n) is 1.65. The number of pyridine rings is 1. The lowest BCUT2D eigenvalue weighted by molar-refractivity contribution is 1.20. The number of hydrogen-bond acceptors (Lipinski definition) is 3. The minimum absolute atomic E-state index is 0.719. The second-order valence-corrected chi connectivity index (χ2v) is 4.31. The molecule has 0 spiro atoms. The van der Waals surface area contributed by atoms with Crippen LogP contribution in [0.15, 0.2) is 30.3 Å². The second kappa shape index (κ2) is 4.45. The summed E-state index contributed by atoms with van der Waals surface area (Å²) in [6.07, 6.45) is 0. The van der Waals surface area contributed by atoms with Gasteiger partial charge in [-0.1, -0.05) is 12.1 Å². The predicted molar refractivity (Wildman–Crippen MR) is 72.6 cm³/mol. The maximum absolute atomic E-state index is 5.75. The van der Waals surface area contributed by atoms with Gasteiger partial charge in [0.2, 0.25) is 0 Å². The van der Waals surface area contributed by atoms with Gasteiger partial charge in [-0.3, -0.25) is 0 Å². The first-order valence-electron chi connectivity index (χ1n) is 5.63. The fraction of sp³-hybridized carbons (Fsp3) is 0.214. The largest absolute Gasteiger partial charge is 0.397 e. The van der Waals surface area contributed by atoms with Crippen LogP contribution in [-0.2, 0) is 0 Å². The van der Waals surface area contributed by atoms with Crippen molar-refractivity contribution in [2.45, 2.75) is 20.8 Å². The number of nitrogens with zero attached hydrogens (tertiary/aromatic N) is 1. The van der Waals surface area contributed by atoms with Gasteiger partial charge in [0.05, 0.1) is 11.4 Å². The number of benzene rings is 1. The Labute approximate surface area is 102 Å². The van der Waals surface area contributed by atoms with E-state index in [2.05, 4.69) is 42.3 Å². The van der Waals surface area contributed by atoms with Crippen molar-refractivity contribution in [1.29, 1.82) is 0 Å². The molecule has 3 nitrogen and oxygen atoms in total. The number of anilines is 3. The van der Waals surface area contributed by atoms with E-state index in [-0.39, 0.29) is 0 Å². The van der Waals surface area contributed by atoms with Crippen LogP contribution in [0.25, 0.3) is 0 Å². The Hall–Kier alpha value is -2.03. The summed E-state index contributed by atoms with van der Waals surface area (Å²) < 4.78 is 0. The van der Waals surface area contributed by atoms with E-state index in [4.69, 9.17) is 5.73 Å². The minimum atomic E-state index is 0.719. The normalized spacial score (nSPS) is 10.3. The molecule has 1 heterocycles. The van der Waals surface area contributed by atoms with Gasteiger partial charge in [-0.2, -0.15) is 0 Å². The maximum atomic E-state index is 5.75. The van der Waals surface area contributed by atoms with Gasteiger partial charge in [0, 0.05) is 5.69 Å². The molecule has 0 atom stereocenters. The lowest BCUT2D eigenvalue weighted by Gasteiger charge is -2.10. The molecular weight excluding hydrogens is 210 g/mol. The van der Waals surface area contributed by atoms with Gasteiger partial charge in [-0.05, 0) is 50.1 Å². The third-order valence-electron chi connectivity index (χ3n) is 2.78. The molecule has 0 amide bonds. The number of nitrogen functional groups attached to an aromatic ring is 1. The van der Waals surface area contributed by atoms with Crippen molar-refractivity contribution in [1.82, 2.24) is 4.98 Å². The standard InChI is InChI=1S/C14H17N3/c1-9-4-5-10(2)13(8-9)17-14-7-6-12(15)11(3)16-14/h4-8H,15H2,1-3H3,(H,16,17). The van der Waals surface area contributed by atoms with Crippen LogP contribution in [0.2, 0.25) is 0 Å². The van der Waals surface area contributed by atoms with Gasteiger partial charge in [-0.25, -0.2) is 4.98 Å². The van der Waals surface area contributed by atoms with Crippen molar-refractivity contribution in [2.75, 3.05) is 11.1 Å². The van der Waals surface area contributed by atoms with Crippen LogP contribution in [0.3, 0.4) is 0 Å². The molecule has 0 fully saturated rings. The quantitative estimate of drug-likeness (QED) is 0.827. The lowest BCUT2D eigenvalue weighted by Crippen LogP contribution is -1.99. The van der Waals surface area contributed by atoms with Crippen molar-refractivity contribution < 1.29 is 0 Å². The molecule has 0 saturated heterocycles. The van der Waals surface area contributed by atoms with Crippen LogP contribution in [0.4, 0.5) is 17.2 Å². The molecule has 0 aliphatic rings. The Morgan fingerprint density at radius 2 is 1.82 bits per heavy atom. The Morgan fingerprint density at radius 3 is 2.53 bits per heavy atom. The summed E-state index contributed by atoms with van der Waals surface area (Å²) in [4.78, 5) is 4.40. The van der Waals surface area contributed by atoms with E-state index < -0.39 is 0 Å². The number of nitrogens with two attached hydrogens (primary N) is 1. The van der Waals surface area contributed by atoms with Crippen LogP contribution >= 0.6 is 0 Å². The number of aromatic nitrogens is 1. The van der Waals surface area contributed by atoms with E-state index in [1.165, 1.54) is 11.1 Å². The van der Waals surface area contributed by atoms with Gasteiger partial charge < -0.3 is 11.1 Å². The smallest absolute Gasteiger partial charge is 0.130 e. The third kappa shape index (κ3) is 2.56. The summed E-state index contributed by atoms with van der Waals surface area (Å²) in [5.41, 5.74) is 10.8. The van der Waals surface area contributed by atoms with Gasteiger partial charge in [-0.15, -0.1) is 0 Å². The zero-order valence-electron chi connectivity index (χ0n) is 10.4. The van der Waals surface area contributed by atoms with Gasteiger partial charge in [0.25, 0.3) is 0 Å². The summed E-state index contributed by atoms with van der Waals surface area (Å²) in [6.45, 7) is 6.06. The van der Waals surface area contributed by atoms with Gasteiger partial charge in [0.1, 0.15) is 5.82 Å². The third-order valence-corrected chi connectivity index (χ3v) is 2.78. The van der Waals surface area contributed by atoms with Crippen LogP contribution in [0.1, 0.15) is 16.8 Å². The molecule has 17 heavy (non-hydrogen) atoms. The molecule has 0 unspecified atom stereocenters. The zero-order chi connectivity index (χ0) is 12.4. The Balaban J connectivity index is 2.31. The SMILES string of the molecule is Cc1ccc(C)c(Nc2ccc(N)c(C)n2)c1. The van der Waals surface area contributed by atoms with Crippen molar-refractivity contribution >= 4 is 17.2 Å². The summed E-state index contributed by atoms with van der Waals surface area (Å²) in [5.74, 6) is 0.824. The Kier molecular flexibility index (Phi) is 3.00. The van der Waals surface area contributed by atoms with Crippen molar-refractivity contribution in [3.8, 4) is 0 Å². The molecule has 1 aromatic carbocycles. The van der Waals surface area contributed by atoms with E-state index in [0.717, 1.165) is 22.9 Å². The molecule has 88 valence electrons. The van der Waals surface area contributed by atoms with E-state index in [0.29, 0.717) is 0 Å². The lowest BCUT2D eigenvalue weighted by atomic mass is 10.1. The minimum Gasteiger partial charge on any atom is -0.397 e. The highest BCUT2D eigenvalue weighted by molar-refractivity contribution is 5.62. The number of hydrogen-bond donors (Lipinski definition) is 2. The second-order valence-electron chi connectivity index (χ2n) is 4.31. The molecule has 3 heteroatoms. The Morgan fingerprint density at radius 1 is 1.06 bits per heavy atom. The van der Waals surface area contributed by atoms with Gasteiger partial charge >= 0.3 is 0 Å². The monoisotopic (exact) mass is 227 g/mol. The molecule has 0 aliphatic carbocycles. The molecular formula is C14H17N3. The van der Waals surface area contributed by atoms with Gasteiger partial charge in [0.15, 0.2) is 0 Å². The molecule has 0 bridgehead atoms. The van der Waals surface area contributed by atoms with Crippen molar-refractivity contribution in [2.24, 2.45) is 0 Å². The van der Waals surface area contributed by atoms with Crippen LogP contribution in [0, 0.1) is 20.8 Å². The molecule has 1 aromatic heterocycles. The van der Waals surface area contributed by atoms with Crippen LogP contribution in [0.5, 0.6) is 0 Å². The molecule has 2 aromatic rings. The number of nitrogens with one attached hydrogen (secondary N) is 1. The number of aryl methyl sites for hydroxylation is 3. The summed E-state index contributed by atoms with van der Waals surface area (Å²) in [5, 5.41) is 3.31. The molecule has 0 aliphatic heterocycles. The topological polar surface area (TPSA) is 50.9 Å². The van der Waals surface area contributed by atoms with E-state index >= 15 is 0 Å². The first-order chi connectivity index (χ1) is 8.06. The molecule has 0 saturated carbocycles. The Bertz CT molecular complexity index is 547. The number of rotatable bonds is 2. The van der Waals surface area contributed by atoms with E-state index in [1.54, 1.807) is 0 Å². The first kappa shape index (κ1) is 11.5. The average molecular weight is 227 g/mol. The highest BCUT2D eigenvalue weighted by Crippen LogP contribution is 2.21.